The van der Waals surface area contributed by atoms with Gasteiger partial charge in [0.25, 0.3) is 0 Å². The van der Waals surface area contributed by atoms with Crippen LogP contribution in [0.3, 0.4) is 0 Å². The largest absolute Gasteiger partial charge is 0.494 e. The first-order chi connectivity index (χ1) is 9.51. The number of halogens is 3. The van der Waals surface area contributed by atoms with E-state index in [-0.39, 0.29) is 11.8 Å². The van der Waals surface area contributed by atoms with Crippen LogP contribution in [0.15, 0.2) is 36.4 Å². The van der Waals surface area contributed by atoms with E-state index < -0.39 is 5.82 Å². The van der Waals surface area contributed by atoms with Gasteiger partial charge in [0.05, 0.1) is 17.2 Å². The first-order valence-corrected chi connectivity index (χ1v) is 6.80. The third-order valence-electron chi connectivity index (χ3n) is 3.04. The highest BCUT2D eigenvalue weighted by Crippen LogP contribution is 2.26. The summed E-state index contributed by atoms with van der Waals surface area (Å²) in [5.41, 5.74) is 7.74. The molecule has 0 saturated heterocycles. The van der Waals surface area contributed by atoms with Crippen LogP contribution < -0.4 is 10.5 Å². The SMILES string of the molecule is COc1ccc(C(N)Cc2ccc(Cl)c(Cl)c2)cc1F. The van der Waals surface area contributed by atoms with Crippen molar-refractivity contribution in [3.8, 4) is 5.75 Å². The van der Waals surface area contributed by atoms with E-state index in [0.717, 1.165) is 5.56 Å². The van der Waals surface area contributed by atoms with Crippen LogP contribution in [0.1, 0.15) is 17.2 Å². The van der Waals surface area contributed by atoms with E-state index in [4.69, 9.17) is 33.7 Å². The molecule has 0 aliphatic carbocycles. The molecular weight excluding hydrogens is 300 g/mol. The molecule has 2 nitrogen and oxygen atoms in total. The van der Waals surface area contributed by atoms with Crippen molar-refractivity contribution >= 4 is 23.2 Å². The molecule has 1 atom stereocenters. The minimum absolute atomic E-state index is 0.204. The number of hydrogen-bond donors (Lipinski definition) is 1. The van der Waals surface area contributed by atoms with Gasteiger partial charge in [-0.2, -0.15) is 0 Å². The molecule has 2 aromatic rings. The van der Waals surface area contributed by atoms with Crippen molar-refractivity contribution in [2.24, 2.45) is 5.73 Å². The first kappa shape index (κ1) is 15.1. The van der Waals surface area contributed by atoms with Gasteiger partial charge in [-0.05, 0) is 41.8 Å². The van der Waals surface area contributed by atoms with Crippen molar-refractivity contribution in [3.05, 3.63) is 63.4 Å². The molecule has 0 fully saturated rings. The molecule has 5 heteroatoms. The zero-order chi connectivity index (χ0) is 14.7. The van der Waals surface area contributed by atoms with E-state index in [2.05, 4.69) is 0 Å². The van der Waals surface area contributed by atoms with Crippen molar-refractivity contribution < 1.29 is 9.13 Å². The number of nitrogens with two attached hydrogens (primary N) is 1. The van der Waals surface area contributed by atoms with Crippen LogP contribution in [0.4, 0.5) is 4.39 Å². The normalized spacial score (nSPS) is 12.2. The van der Waals surface area contributed by atoms with Gasteiger partial charge >= 0.3 is 0 Å². The molecule has 106 valence electrons. The average molecular weight is 314 g/mol. The van der Waals surface area contributed by atoms with Gasteiger partial charge in [0.1, 0.15) is 0 Å². The lowest BCUT2D eigenvalue weighted by Crippen LogP contribution is -2.13. The lowest BCUT2D eigenvalue weighted by Gasteiger charge is -2.14. The third kappa shape index (κ3) is 3.42. The summed E-state index contributed by atoms with van der Waals surface area (Å²) in [4.78, 5) is 0. The maximum absolute atomic E-state index is 13.6. The molecule has 0 heterocycles. The fourth-order valence-electron chi connectivity index (χ4n) is 1.95. The van der Waals surface area contributed by atoms with E-state index in [9.17, 15) is 4.39 Å². The Morgan fingerprint density at radius 2 is 1.90 bits per heavy atom. The first-order valence-electron chi connectivity index (χ1n) is 6.04. The number of hydrogen-bond acceptors (Lipinski definition) is 2. The van der Waals surface area contributed by atoms with E-state index >= 15 is 0 Å². The molecule has 0 radical (unpaired) electrons. The smallest absolute Gasteiger partial charge is 0.165 e. The van der Waals surface area contributed by atoms with Crippen molar-refractivity contribution in [1.82, 2.24) is 0 Å². The van der Waals surface area contributed by atoms with Gasteiger partial charge < -0.3 is 10.5 Å². The van der Waals surface area contributed by atoms with Crippen LogP contribution in [0, 0.1) is 5.82 Å². The Morgan fingerprint density at radius 1 is 1.15 bits per heavy atom. The molecular formula is C15H14Cl2FNO. The van der Waals surface area contributed by atoms with E-state index in [1.54, 1.807) is 24.3 Å². The zero-order valence-corrected chi connectivity index (χ0v) is 12.4. The molecule has 0 aliphatic heterocycles. The average Bonchev–Trinajstić information content (AvgIpc) is 2.42. The monoisotopic (exact) mass is 313 g/mol. The molecule has 1 unspecified atom stereocenters. The predicted molar refractivity (Wildman–Crippen MR) is 80.0 cm³/mol. The second-order valence-corrected chi connectivity index (χ2v) is 5.27. The molecule has 0 saturated carbocycles. The number of ether oxygens (including phenoxy) is 1. The predicted octanol–water partition coefficient (Wildman–Crippen LogP) is 4.38. The van der Waals surface area contributed by atoms with Gasteiger partial charge in [0, 0.05) is 6.04 Å². The third-order valence-corrected chi connectivity index (χ3v) is 3.78. The van der Waals surface area contributed by atoms with Crippen molar-refractivity contribution in [2.45, 2.75) is 12.5 Å². The van der Waals surface area contributed by atoms with Gasteiger partial charge in [0.2, 0.25) is 0 Å². The summed E-state index contributed by atoms with van der Waals surface area (Å²) < 4.78 is 18.5. The van der Waals surface area contributed by atoms with Crippen LogP contribution in [0.5, 0.6) is 5.75 Å². The molecule has 2 aromatic carbocycles. The Hall–Kier alpha value is -1.29. The zero-order valence-electron chi connectivity index (χ0n) is 10.9. The molecule has 2 N–H and O–H groups in total. The number of benzene rings is 2. The number of rotatable bonds is 4. The topological polar surface area (TPSA) is 35.2 Å². The number of methoxy groups -OCH3 is 1. The maximum atomic E-state index is 13.6. The van der Waals surface area contributed by atoms with Crippen LogP contribution in [-0.2, 0) is 6.42 Å². The Morgan fingerprint density at radius 3 is 2.50 bits per heavy atom. The standard InChI is InChI=1S/C15H14Cl2FNO/c1-20-15-5-3-10(8-13(15)18)14(19)7-9-2-4-11(16)12(17)6-9/h2-6,8,14H,7,19H2,1H3. The van der Waals surface area contributed by atoms with Crippen LogP contribution in [0.25, 0.3) is 0 Å². The van der Waals surface area contributed by atoms with Crippen molar-refractivity contribution in [2.75, 3.05) is 7.11 Å². The quantitative estimate of drug-likeness (QED) is 0.909. The highest BCUT2D eigenvalue weighted by molar-refractivity contribution is 6.42. The summed E-state index contributed by atoms with van der Waals surface area (Å²) in [6.45, 7) is 0. The minimum Gasteiger partial charge on any atom is -0.494 e. The Balaban J connectivity index is 2.17. The summed E-state index contributed by atoms with van der Waals surface area (Å²) in [5.74, 6) is -0.218. The van der Waals surface area contributed by atoms with Crippen molar-refractivity contribution in [3.63, 3.8) is 0 Å². The van der Waals surface area contributed by atoms with Gasteiger partial charge in [-0.15, -0.1) is 0 Å². The van der Waals surface area contributed by atoms with E-state index in [0.29, 0.717) is 22.0 Å². The van der Waals surface area contributed by atoms with Crippen LogP contribution in [0.2, 0.25) is 10.0 Å². The molecule has 0 spiro atoms. The van der Waals surface area contributed by atoms with Gasteiger partial charge in [-0.3, -0.25) is 0 Å². The molecule has 20 heavy (non-hydrogen) atoms. The summed E-state index contributed by atoms with van der Waals surface area (Å²) in [6.07, 6.45) is 0.544. The van der Waals surface area contributed by atoms with Crippen molar-refractivity contribution in [1.29, 1.82) is 0 Å². The second-order valence-electron chi connectivity index (χ2n) is 4.45. The van der Waals surface area contributed by atoms with Gasteiger partial charge in [0.15, 0.2) is 11.6 Å². The minimum atomic E-state index is -0.422. The molecule has 0 amide bonds. The highest BCUT2D eigenvalue weighted by atomic mass is 35.5. The van der Waals surface area contributed by atoms with Gasteiger partial charge in [-0.25, -0.2) is 4.39 Å². The lowest BCUT2D eigenvalue weighted by atomic mass is 9.99. The molecule has 2 rings (SSSR count). The lowest BCUT2D eigenvalue weighted by molar-refractivity contribution is 0.386. The fraction of sp³-hybridized carbons (Fsp3) is 0.200. The summed E-state index contributed by atoms with van der Waals surface area (Å²) >= 11 is 11.8. The summed E-state index contributed by atoms with van der Waals surface area (Å²) in [7, 11) is 1.42. The Kier molecular flexibility index (Phi) is 4.86. The van der Waals surface area contributed by atoms with Crippen LogP contribution in [-0.4, -0.2) is 7.11 Å². The van der Waals surface area contributed by atoms with E-state index in [1.165, 1.54) is 13.2 Å². The molecule has 0 aliphatic rings. The fourth-order valence-corrected chi connectivity index (χ4v) is 2.27. The summed E-state index contributed by atoms with van der Waals surface area (Å²) in [5, 5.41) is 0.983. The Bertz CT molecular complexity index is 619. The summed E-state index contributed by atoms with van der Waals surface area (Å²) in [6, 6.07) is 9.73. The van der Waals surface area contributed by atoms with E-state index in [1.807, 2.05) is 6.07 Å². The highest BCUT2D eigenvalue weighted by Gasteiger charge is 2.11. The maximum Gasteiger partial charge on any atom is 0.165 e. The van der Waals surface area contributed by atoms with Crippen LogP contribution >= 0.6 is 23.2 Å². The Labute approximate surface area is 127 Å². The molecule has 0 aromatic heterocycles. The molecule has 0 bridgehead atoms. The van der Waals surface area contributed by atoms with Gasteiger partial charge in [-0.1, -0.05) is 35.3 Å². The second kappa shape index (κ2) is 6.44.